The van der Waals surface area contributed by atoms with Crippen LogP contribution in [0.15, 0.2) is 56.7 Å². The Kier molecular flexibility index (Phi) is 12.2. The van der Waals surface area contributed by atoms with Gasteiger partial charge in [0.25, 0.3) is 0 Å². The summed E-state index contributed by atoms with van der Waals surface area (Å²) in [6.45, 7) is 4.42. The molecule has 0 saturated carbocycles. The summed E-state index contributed by atoms with van der Waals surface area (Å²) >= 11 is 1.67. The Labute approximate surface area is 213 Å². The molecule has 0 unspecified atom stereocenters. The van der Waals surface area contributed by atoms with Gasteiger partial charge in [0, 0.05) is 35.8 Å². The third-order valence-corrected chi connectivity index (χ3v) is 6.87. The molecule has 0 radical (unpaired) electrons. The number of benzene rings is 1. The van der Waals surface area contributed by atoms with Crippen molar-refractivity contribution in [3.05, 3.63) is 53.0 Å². The normalized spacial score (nSPS) is 11.3. The predicted octanol–water partition coefficient (Wildman–Crippen LogP) is 7.89. The summed E-state index contributed by atoms with van der Waals surface area (Å²) in [5.41, 5.74) is 1.54. The van der Waals surface area contributed by atoms with Gasteiger partial charge in [-0.15, -0.1) is 11.8 Å². The molecule has 5 nitrogen and oxygen atoms in total. The molecule has 3 rings (SSSR count). The molecule has 2 heterocycles. The standard InChI is InChI=1S/C29H39NO4S/c1-3-32-18-12-10-8-6-4-5-7-9-11-13-19-33-28-21-27-24(22-30-28)20-26(29(31)34-27)23-14-16-25(35-2)17-15-23/h14-17,20-22H,3-13,18-19H2,1-2H3. The Bertz CT molecular complexity index is 1060. The minimum atomic E-state index is -0.350. The van der Waals surface area contributed by atoms with E-state index < -0.39 is 0 Å². The van der Waals surface area contributed by atoms with Crippen molar-refractivity contribution in [3.63, 3.8) is 0 Å². The van der Waals surface area contributed by atoms with E-state index in [0.29, 0.717) is 23.6 Å². The maximum atomic E-state index is 12.6. The first-order chi connectivity index (χ1) is 17.2. The zero-order valence-corrected chi connectivity index (χ0v) is 22.0. The number of aromatic nitrogens is 1. The molecule has 190 valence electrons. The average molecular weight is 498 g/mol. The van der Waals surface area contributed by atoms with Crippen molar-refractivity contribution in [2.75, 3.05) is 26.1 Å². The van der Waals surface area contributed by atoms with E-state index in [4.69, 9.17) is 13.9 Å². The van der Waals surface area contributed by atoms with Crippen molar-refractivity contribution in [1.29, 1.82) is 0 Å². The molecule has 0 saturated heterocycles. The number of hydrogen-bond donors (Lipinski definition) is 0. The van der Waals surface area contributed by atoms with E-state index in [1.54, 1.807) is 24.0 Å². The van der Waals surface area contributed by atoms with Gasteiger partial charge in [-0.05, 0) is 49.8 Å². The molecule has 0 aliphatic rings. The Balaban J connectivity index is 1.34. The van der Waals surface area contributed by atoms with Crippen LogP contribution in [-0.2, 0) is 4.74 Å². The predicted molar refractivity (Wildman–Crippen MR) is 146 cm³/mol. The smallest absolute Gasteiger partial charge is 0.344 e. The molecule has 0 fully saturated rings. The molecule has 1 aromatic carbocycles. The van der Waals surface area contributed by atoms with Crippen LogP contribution >= 0.6 is 11.8 Å². The van der Waals surface area contributed by atoms with Gasteiger partial charge >= 0.3 is 5.63 Å². The van der Waals surface area contributed by atoms with E-state index in [1.807, 2.05) is 36.6 Å². The minimum absolute atomic E-state index is 0.350. The van der Waals surface area contributed by atoms with Crippen molar-refractivity contribution in [3.8, 4) is 17.0 Å². The Morgan fingerprint density at radius 3 is 2.11 bits per heavy atom. The van der Waals surface area contributed by atoms with Gasteiger partial charge < -0.3 is 13.9 Å². The summed E-state index contributed by atoms with van der Waals surface area (Å²) in [5, 5.41) is 0.787. The Hall–Kier alpha value is -2.31. The van der Waals surface area contributed by atoms with Gasteiger partial charge in [0.1, 0.15) is 5.58 Å². The summed E-state index contributed by atoms with van der Waals surface area (Å²) in [7, 11) is 0. The van der Waals surface area contributed by atoms with Crippen molar-refractivity contribution in [2.24, 2.45) is 0 Å². The fourth-order valence-corrected chi connectivity index (χ4v) is 4.50. The first-order valence-electron chi connectivity index (χ1n) is 13.0. The summed E-state index contributed by atoms with van der Waals surface area (Å²) in [5.74, 6) is 0.502. The summed E-state index contributed by atoms with van der Waals surface area (Å²) < 4.78 is 16.8. The number of thioether (sulfide) groups is 1. The highest BCUT2D eigenvalue weighted by atomic mass is 32.2. The monoisotopic (exact) mass is 497 g/mol. The largest absolute Gasteiger partial charge is 0.478 e. The number of fused-ring (bicyclic) bond motifs is 1. The van der Waals surface area contributed by atoms with Crippen LogP contribution in [0.2, 0.25) is 0 Å². The number of rotatable bonds is 17. The van der Waals surface area contributed by atoms with Gasteiger partial charge in [-0.1, -0.05) is 63.5 Å². The molecule has 6 heteroatoms. The molecule has 3 aromatic rings. The van der Waals surface area contributed by atoms with Crippen LogP contribution < -0.4 is 10.4 Å². The molecule has 2 aromatic heterocycles. The van der Waals surface area contributed by atoms with E-state index in [-0.39, 0.29) is 5.63 Å². The fourth-order valence-electron chi connectivity index (χ4n) is 4.09. The zero-order valence-electron chi connectivity index (χ0n) is 21.2. The van der Waals surface area contributed by atoms with Crippen molar-refractivity contribution < 1.29 is 13.9 Å². The molecule has 0 aliphatic heterocycles. The SMILES string of the molecule is CCOCCCCCCCCCCCCOc1cc2oc(=O)c(-c3ccc(SC)cc3)cc2cn1. The Morgan fingerprint density at radius 2 is 1.49 bits per heavy atom. The third-order valence-electron chi connectivity index (χ3n) is 6.13. The topological polar surface area (TPSA) is 61.6 Å². The van der Waals surface area contributed by atoms with Gasteiger partial charge in [-0.3, -0.25) is 0 Å². The molecular weight excluding hydrogens is 458 g/mol. The van der Waals surface area contributed by atoms with Crippen molar-refractivity contribution in [1.82, 2.24) is 4.98 Å². The molecule has 0 bridgehead atoms. The highest BCUT2D eigenvalue weighted by Gasteiger charge is 2.10. The third kappa shape index (κ3) is 9.34. The van der Waals surface area contributed by atoms with Gasteiger partial charge in [0.05, 0.1) is 12.2 Å². The number of unbranched alkanes of at least 4 members (excludes halogenated alkanes) is 9. The second-order valence-electron chi connectivity index (χ2n) is 8.82. The second-order valence-corrected chi connectivity index (χ2v) is 9.70. The van der Waals surface area contributed by atoms with E-state index in [0.717, 1.165) is 41.9 Å². The maximum Gasteiger partial charge on any atom is 0.344 e. The lowest BCUT2D eigenvalue weighted by Gasteiger charge is -2.07. The number of pyridine rings is 1. The molecule has 0 spiro atoms. The van der Waals surface area contributed by atoms with Gasteiger partial charge in [0.15, 0.2) is 0 Å². The number of ether oxygens (including phenoxy) is 2. The molecule has 0 atom stereocenters. The quantitative estimate of drug-likeness (QED) is 0.140. The molecule has 0 N–H and O–H groups in total. The average Bonchev–Trinajstić information content (AvgIpc) is 2.88. The Morgan fingerprint density at radius 1 is 0.857 bits per heavy atom. The minimum Gasteiger partial charge on any atom is -0.478 e. The van der Waals surface area contributed by atoms with Gasteiger partial charge in [0.2, 0.25) is 5.88 Å². The number of hydrogen-bond acceptors (Lipinski definition) is 6. The fraction of sp³-hybridized carbons (Fsp3) is 0.517. The zero-order chi connectivity index (χ0) is 24.7. The summed E-state index contributed by atoms with van der Waals surface area (Å²) in [6.07, 6.45) is 16.2. The highest BCUT2D eigenvalue weighted by molar-refractivity contribution is 7.98. The maximum absolute atomic E-state index is 12.6. The van der Waals surface area contributed by atoms with Crippen LogP contribution in [0.5, 0.6) is 5.88 Å². The van der Waals surface area contributed by atoms with E-state index in [2.05, 4.69) is 11.9 Å². The summed E-state index contributed by atoms with van der Waals surface area (Å²) in [4.78, 5) is 18.1. The second kappa shape index (κ2) is 15.6. The van der Waals surface area contributed by atoms with Gasteiger partial charge in [-0.25, -0.2) is 9.78 Å². The van der Waals surface area contributed by atoms with E-state index >= 15 is 0 Å². The van der Waals surface area contributed by atoms with E-state index in [9.17, 15) is 4.79 Å². The van der Waals surface area contributed by atoms with Gasteiger partial charge in [-0.2, -0.15) is 0 Å². The first-order valence-corrected chi connectivity index (χ1v) is 14.2. The molecular formula is C29H39NO4S. The summed E-state index contributed by atoms with van der Waals surface area (Å²) in [6, 6.07) is 11.5. The van der Waals surface area contributed by atoms with Crippen LogP contribution in [-0.4, -0.2) is 31.1 Å². The van der Waals surface area contributed by atoms with Crippen LogP contribution in [0.4, 0.5) is 0 Å². The van der Waals surface area contributed by atoms with Crippen LogP contribution in [0, 0.1) is 0 Å². The van der Waals surface area contributed by atoms with Crippen molar-refractivity contribution >= 4 is 22.7 Å². The molecule has 0 aliphatic carbocycles. The van der Waals surface area contributed by atoms with Crippen LogP contribution in [0.25, 0.3) is 22.1 Å². The lowest BCUT2D eigenvalue weighted by molar-refractivity contribution is 0.143. The highest BCUT2D eigenvalue weighted by Crippen LogP contribution is 2.25. The first kappa shape index (κ1) is 27.3. The lowest BCUT2D eigenvalue weighted by Crippen LogP contribution is -2.04. The molecule has 35 heavy (non-hydrogen) atoms. The number of nitrogens with zero attached hydrogens (tertiary/aromatic N) is 1. The lowest BCUT2D eigenvalue weighted by atomic mass is 10.1. The van der Waals surface area contributed by atoms with Crippen molar-refractivity contribution in [2.45, 2.75) is 76.0 Å². The molecule has 0 amide bonds. The van der Waals surface area contributed by atoms with Crippen LogP contribution in [0.3, 0.4) is 0 Å². The van der Waals surface area contributed by atoms with Crippen LogP contribution in [0.1, 0.15) is 71.1 Å². The van der Waals surface area contributed by atoms with E-state index in [1.165, 1.54) is 51.4 Å².